The zero-order valence-corrected chi connectivity index (χ0v) is 71.6. The molecule has 0 unspecified atom stereocenters. The van der Waals surface area contributed by atoms with Crippen LogP contribution in [0, 0.1) is 0 Å². The van der Waals surface area contributed by atoms with E-state index in [0.717, 1.165) is 133 Å². The number of benzene rings is 24. The molecule has 0 aliphatic heterocycles. The first-order chi connectivity index (χ1) is 65.5. The van der Waals surface area contributed by atoms with Crippen LogP contribution in [-0.2, 0) is 0 Å². The smallest absolute Gasteiger partial charge is 0.164 e. The molecule has 0 bridgehead atoms. The van der Waals surface area contributed by atoms with E-state index in [4.69, 9.17) is 29.9 Å². The Labute approximate surface area is 761 Å². The van der Waals surface area contributed by atoms with Crippen LogP contribution in [-0.4, -0.2) is 29.9 Å². The summed E-state index contributed by atoms with van der Waals surface area (Å²) in [6.07, 6.45) is 0. The molecule has 0 saturated heterocycles. The molecule has 26 rings (SSSR count). The highest BCUT2D eigenvalue weighted by Crippen LogP contribution is 2.58. The van der Waals surface area contributed by atoms with E-state index >= 15 is 0 Å². The van der Waals surface area contributed by atoms with Crippen LogP contribution >= 0.6 is 0 Å². The molecule has 0 atom stereocenters. The van der Waals surface area contributed by atoms with Crippen LogP contribution in [0.1, 0.15) is 0 Å². The van der Waals surface area contributed by atoms with Gasteiger partial charge >= 0.3 is 0 Å². The molecular weight excluding hydrogens is 1600 g/mol. The second kappa shape index (κ2) is 31.2. The Balaban J connectivity index is 0.793. The van der Waals surface area contributed by atoms with Gasteiger partial charge in [0.1, 0.15) is 0 Å². The van der Waals surface area contributed by atoms with Crippen LogP contribution in [0.5, 0.6) is 0 Å². The maximum atomic E-state index is 5.36. The zero-order valence-electron chi connectivity index (χ0n) is 71.6. The molecule has 2 aromatic heterocycles. The summed E-state index contributed by atoms with van der Waals surface area (Å²) in [6, 6.07) is 169. The Kier molecular flexibility index (Phi) is 17.9. The van der Waals surface area contributed by atoms with Crippen molar-refractivity contribution in [3.8, 4) is 157 Å². The quantitative estimate of drug-likeness (QED) is 0.0797. The van der Waals surface area contributed by atoms with E-state index in [9.17, 15) is 0 Å². The summed E-state index contributed by atoms with van der Waals surface area (Å²) < 4.78 is 0. The predicted octanol–water partition coefficient (Wildman–Crippen LogP) is 33.5. The zero-order chi connectivity index (χ0) is 86.9. The maximum absolute atomic E-state index is 5.36. The second-order valence-electron chi connectivity index (χ2n) is 34.5. The van der Waals surface area contributed by atoms with Crippen LogP contribution in [0.3, 0.4) is 0 Å². The van der Waals surface area contributed by atoms with Gasteiger partial charge in [0.15, 0.2) is 34.9 Å². The van der Waals surface area contributed by atoms with Gasteiger partial charge in [-0.25, -0.2) is 29.9 Å². The Hall–Kier alpha value is -17.6. The summed E-state index contributed by atoms with van der Waals surface area (Å²) in [5.74, 6) is 3.49. The van der Waals surface area contributed by atoms with E-state index in [1.807, 2.05) is 72.8 Å². The summed E-state index contributed by atoms with van der Waals surface area (Å²) in [4.78, 5) is 31.8. The molecule has 2 heterocycles. The first kappa shape index (κ1) is 75.7. The second-order valence-corrected chi connectivity index (χ2v) is 34.5. The van der Waals surface area contributed by atoms with E-state index in [1.54, 1.807) is 0 Å². The van der Waals surface area contributed by atoms with Gasteiger partial charge in [0, 0.05) is 33.4 Å². The molecule has 0 amide bonds. The number of aromatic nitrogens is 6. The Morgan fingerprint density at radius 1 is 0.0985 bits per heavy atom. The van der Waals surface area contributed by atoms with Crippen molar-refractivity contribution in [3.05, 3.63) is 461 Å². The van der Waals surface area contributed by atoms with Crippen molar-refractivity contribution in [3.63, 3.8) is 0 Å². The van der Waals surface area contributed by atoms with Crippen LogP contribution in [0.2, 0.25) is 0 Å². The highest BCUT2D eigenvalue weighted by atomic mass is 15.0. The predicted molar refractivity (Wildman–Crippen MR) is 553 cm³/mol. The number of hydrogen-bond acceptors (Lipinski definition) is 6. The lowest BCUT2D eigenvalue weighted by molar-refractivity contribution is 1.07. The van der Waals surface area contributed by atoms with Gasteiger partial charge in [0.25, 0.3) is 0 Å². The van der Waals surface area contributed by atoms with E-state index in [2.05, 4.69) is 388 Å². The van der Waals surface area contributed by atoms with E-state index in [1.165, 1.54) is 108 Å². The Morgan fingerprint density at radius 2 is 0.288 bits per heavy atom. The molecule has 26 aromatic rings. The highest BCUT2D eigenvalue weighted by Gasteiger charge is 2.31. The highest BCUT2D eigenvalue weighted by molar-refractivity contribution is 6.44. The molecule has 0 aliphatic carbocycles. The Morgan fingerprint density at radius 3 is 0.568 bits per heavy atom. The topological polar surface area (TPSA) is 77.3 Å². The van der Waals surface area contributed by atoms with E-state index < -0.39 is 0 Å². The normalized spacial score (nSPS) is 11.8. The number of rotatable bonds is 14. The molecule has 6 nitrogen and oxygen atoms in total. The summed E-state index contributed by atoms with van der Waals surface area (Å²) in [6.45, 7) is 0. The molecule has 6 heteroatoms. The van der Waals surface area contributed by atoms with Crippen LogP contribution in [0.15, 0.2) is 461 Å². The minimum atomic E-state index is 0.564. The van der Waals surface area contributed by atoms with Crippen molar-refractivity contribution in [2.75, 3.05) is 0 Å². The van der Waals surface area contributed by atoms with Gasteiger partial charge in [-0.15, -0.1) is 0 Å². The van der Waals surface area contributed by atoms with Crippen molar-refractivity contribution in [2.45, 2.75) is 0 Å². The van der Waals surface area contributed by atoms with Gasteiger partial charge < -0.3 is 0 Å². The monoisotopic (exact) mass is 1670 g/mol. The third-order valence-corrected chi connectivity index (χ3v) is 27.1. The molecule has 24 aromatic carbocycles. The Bertz CT molecular complexity index is 8400. The third kappa shape index (κ3) is 12.6. The summed E-state index contributed by atoms with van der Waals surface area (Å²) in [5, 5.41) is 26.6. The molecule has 0 saturated carbocycles. The molecule has 0 fully saturated rings. The maximum Gasteiger partial charge on any atom is 0.164 e. The van der Waals surface area contributed by atoms with Crippen molar-refractivity contribution < 1.29 is 0 Å². The fourth-order valence-electron chi connectivity index (χ4n) is 21.0. The molecule has 0 spiro atoms. The minimum absolute atomic E-state index is 0.564. The summed E-state index contributed by atoms with van der Waals surface area (Å²) in [5.41, 5.74) is 22.8. The molecule has 132 heavy (non-hydrogen) atoms. The average molecular weight is 1670 g/mol. The van der Waals surface area contributed by atoms with E-state index in [-0.39, 0.29) is 0 Å². The number of hydrogen-bond donors (Lipinski definition) is 0. The molecule has 0 radical (unpaired) electrons. The fraction of sp³-hybridized carbons (Fsp3) is 0. The van der Waals surface area contributed by atoms with Gasteiger partial charge in [0.2, 0.25) is 0 Å². The van der Waals surface area contributed by atoms with Crippen molar-refractivity contribution in [1.82, 2.24) is 29.9 Å². The van der Waals surface area contributed by atoms with Crippen LogP contribution < -0.4 is 0 Å². The SMILES string of the molecule is c1ccc(-c2nc(-c3ccccc3)nc(-c3ccc(-c4c(-c5ccc(-c6nc(-c7ccccc7)nc(-c7ccccc7)n6)cc5)c(-c5ccc(-c6ccc7c8ccccc8c8ccccc8c7c6)cc5)c5c6cccc7c8cc(-c9ccccc9)c(-c9ccccc9)cc8c8cccc(c5c4-c4ccc(-c5ccc9c%10ccccc%10c%10ccccc%10c9c5)cc4)c8c76)cc3)n2)cc1. The molecule has 0 N–H and O–H groups in total. The molecule has 610 valence electrons. The number of nitrogens with zero attached hydrogens (tertiary/aromatic N) is 6. The van der Waals surface area contributed by atoms with E-state index in [0.29, 0.717) is 34.9 Å². The lowest BCUT2D eigenvalue weighted by atomic mass is 9.75. The first-order valence-corrected chi connectivity index (χ1v) is 45.1. The largest absolute Gasteiger partial charge is 0.208 e. The van der Waals surface area contributed by atoms with Gasteiger partial charge in [-0.3, -0.25) is 0 Å². The van der Waals surface area contributed by atoms with Crippen LogP contribution in [0.4, 0.5) is 0 Å². The summed E-state index contributed by atoms with van der Waals surface area (Å²) in [7, 11) is 0. The average Bonchev–Trinajstić information content (AvgIpc) is 0.677. The van der Waals surface area contributed by atoms with Gasteiger partial charge in [-0.1, -0.05) is 437 Å². The summed E-state index contributed by atoms with van der Waals surface area (Å²) >= 11 is 0. The fourth-order valence-corrected chi connectivity index (χ4v) is 21.0. The van der Waals surface area contributed by atoms with Crippen molar-refractivity contribution in [1.29, 1.82) is 0 Å². The minimum Gasteiger partial charge on any atom is -0.208 e. The molecular formula is C126H76N6. The van der Waals surface area contributed by atoms with Crippen molar-refractivity contribution in [2.24, 2.45) is 0 Å². The lowest BCUT2D eigenvalue weighted by Crippen LogP contribution is -2.01. The molecule has 0 aliphatic rings. The van der Waals surface area contributed by atoms with Crippen LogP contribution in [0.25, 0.3) is 276 Å². The number of fused-ring (bicyclic) bond motifs is 18. The van der Waals surface area contributed by atoms with Crippen molar-refractivity contribution >= 4 is 118 Å². The third-order valence-electron chi connectivity index (χ3n) is 27.1. The first-order valence-electron chi connectivity index (χ1n) is 45.1. The lowest BCUT2D eigenvalue weighted by Gasteiger charge is -2.28. The standard InChI is InChI=1S/C126H76N6/c1-7-29-79(30-8-1)107-75-111-103-49-27-51-105-117(103)118-104(112(111)76-108(107)80-31-9-2-10-32-80)50-28-52-106(118)120-116(84-59-55-78(56-60-84)92-70-72-102-98-46-22-20-42-94(98)96-44-24-26-48-100(96)110(102)74-92)114(82-63-67-90(68-64-82)126-131-123(87-37-15-5-16-38-87)128-124(132-126)88-39-17-6-18-40-88)113(81-61-65-89(66-62-81)125-129-121(85-33-11-3-12-34-85)127-122(130-125)86-35-13-4-14-36-86)115(119(105)120)83-57-53-77(54-58-83)91-69-71-101-97-45-21-19-41-93(97)95-43-23-25-47-99(95)109(101)73-91/h1-76H. The van der Waals surface area contributed by atoms with Gasteiger partial charge in [0.05, 0.1) is 0 Å². The van der Waals surface area contributed by atoms with Gasteiger partial charge in [-0.2, -0.15) is 0 Å². The van der Waals surface area contributed by atoms with Gasteiger partial charge in [-0.05, 0) is 232 Å².